The number of hydrogen-bond acceptors (Lipinski definition) is 5. The summed E-state index contributed by atoms with van der Waals surface area (Å²) in [5.74, 6) is 0. The Bertz CT molecular complexity index is 1190. The highest BCUT2D eigenvalue weighted by Crippen LogP contribution is 2.18. The lowest BCUT2D eigenvalue weighted by atomic mass is 10.1. The van der Waals surface area contributed by atoms with Crippen LogP contribution >= 0.6 is 0 Å². The fourth-order valence-corrected chi connectivity index (χ4v) is 2.86. The molecule has 6 rings (SSSR count). The summed E-state index contributed by atoms with van der Waals surface area (Å²) in [5.41, 5.74) is 7.26. The van der Waals surface area contributed by atoms with E-state index in [1.165, 1.54) is 5.56 Å². The topological polar surface area (TPSA) is 112 Å². The molecule has 30 heavy (non-hydrogen) atoms. The largest absolute Gasteiger partial charge is 0.345 e. The second kappa shape index (κ2) is 9.24. The molecule has 3 N–H and O–H groups in total. The maximum atomic E-state index is 4.06. The predicted octanol–water partition coefficient (Wildman–Crippen LogP) is 4.30. The van der Waals surface area contributed by atoms with Crippen molar-refractivity contribution in [3.8, 4) is 11.3 Å². The van der Waals surface area contributed by atoms with Crippen LogP contribution in [0.5, 0.6) is 0 Å². The van der Waals surface area contributed by atoms with Crippen LogP contribution in [0.2, 0.25) is 0 Å². The summed E-state index contributed by atoms with van der Waals surface area (Å²) in [7, 11) is 0. The van der Waals surface area contributed by atoms with E-state index in [1.54, 1.807) is 12.5 Å². The Morgan fingerprint density at radius 2 is 1.43 bits per heavy atom. The molecule has 0 spiro atoms. The van der Waals surface area contributed by atoms with Crippen molar-refractivity contribution in [2.75, 3.05) is 0 Å². The second-order valence-electron chi connectivity index (χ2n) is 6.42. The van der Waals surface area contributed by atoms with Gasteiger partial charge in [0.05, 0.1) is 22.9 Å². The van der Waals surface area contributed by atoms with Crippen molar-refractivity contribution in [3.05, 3.63) is 90.9 Å². The van der Waals surface area contributed by atoms with E-state index in [1.807, 2.05) is 66.7 Å². The van der Waals surface area contributed by atoms with Crippen LogP contribution in [0, 0.1) is 6.92 Å². The van der Waals surface area contributed by atoms with Gasteiger partial charge >= 0.3 is 0 Å². The third-order valence-corrected chi connectivity index (χ3v) is 4.40. The second-order valence-corrected chi connectivity index (χ2v) is 6.42. The minimum atomic E-state index is 0.896. The van der Waals surface area contributed by atoms with E-state index in [9.17, 15) is 0 Å². The van der Waals surface area contributed by atoms with Crippen LogP contribution in [0.4, 0.5) is 0 Å². The normalized spacial score (nSPS) is 10.2. The Kier molecular flexibility index (Phi) is 5.86. The van der Waals surface area contributed by atoms with Crippen LogP contribution in [0.3, 0.4) is 0 Å². The minimum absolute atomic E-state index is 0.896. The first-order valence-corrected chi connectivity index (χ1v) is 9.37. The molecule has 0 saturated carbocycles. The lowest BCUT2D eigenvalue weighted by Crippen LogP contribution is -1.81. The summed E-state index contributed by atoms with van der Waals surface area (Å²) in [6.45, 7) is 2.06. The van der Waals surface area contributed by atoms with Crippen LogP contribution in [0.1, 0.15) is 5.56 Å². The van der Waals surface area contributed by atoms with Crippen LogP contribution in [0.25, 0.3) is 33.3 Å². The number of rotatable bonds is 1. The molecule has 0 fully saturated rings. The van der Waals surface area contributed by atoms with Gasteiger partial charge in [0.2, 0.25) is 0 Å². The van der Waals surface area contributed by atoms with E-state index >= 15 is 0 Å². The highest BCUT2D eigenvalue weighted by molar-refractivity contribution is 5.74. The molecule has 3 aromatic heterocycles. The van der Waals surface area contributed by atoms with Gasteiger partial charge in [-0.1, -0.05) is 59.0 Å². The Labute approximate surface area is 172 Å². The molecule has 0 aliphatic heterocycles. The SMILES string of the molecule is Cc1ccccc1-c1c[nH]nn1.c1ccc2[nH]cnc2c1.c1ccc2[nH]nnc2c1. The molecule has 0 bridgehead atoms. The molecule has 8 heteroatoms. The van der Waals surface area contributed by atoms with E-state index in [-0.39, 0.29) is 0 Å². The van der Waals surface area contributed by atoms with Gasteiger partial charge in [0, 0.05) is 11.8 Å². The maximum absolute atomic E-state index is 4.06. The van der Waals surface area contributed by atoms with Crippen molar-refractivity contribution >= 4 is 22.1 Å². The number of H-pyrrole nitrogens is 3. The molecule has 0 atom stereocenters. The smallest absolute Gasteiger partial charge is 0.113 e. The molecule has 3 aromatic carbocycles. The summed E-state index contributed by atoms with van der Waals surface area (Å²) in [6, 6.07) is 23.8. The van der Waals surface area contributed by atoms with Gasteiger partial charge in [0.15, 0.2) is 0 Å². The van der Waals surface area contributed by atoms with E-state index in [4.69, 9.17) is 0 Å². The van der Waals surface area contributed by atoms with Crippen molar-refractivity contribution in [2.45, 2.75) is 6.92 Å². The Morgan fingerprint density at radius 1 is 0.700 bits per heavy atom. The lowest BCUT2D eigenvalue weighted by Gasteiger charge is -1.98. The van der Waals surface area contributed by atoms with E-state index < -0.39 is 0 Å². The summed E-state index contributed by atoms with van der Waals surface area (Å²) in [5, 5.41) is 20.5. The summed E-state index contributed by atoms with van der Waals surface area (Å²) >= 11 is 0. The number of hydrogen-bond donors (Lipinski definition) is 3. The molecule has 0 unspecified atom stereocenters. The number of para-hydroxylation sites is 3. The van der Waals surface area contributed by atoms with Crippen LogP contribution in [-0.4, -0.2) is 40.8 Å². The molecule has 0 radical (unpaired) electrons. The number of nitrogens with zero attached hydrogens (tertiary/aromatic N) is 5. The lowest BCUT2D eigenvalue weighted by molar-refractivity contribution is 0.942. The number of aromatic amines is 3. The Hall–Kier alpha value is -4.33. The van der Waals surface area contributed by atoms with Crippen LogP contribution in [0.15, 0.2) is 85.3 Å². The monoisotopic (exact) mass is 396 g/mol. The summed E-state index contributed by atoms with van der Waals surface area (Å²) in [6.07, 6.45) is 3.49. The Morgan fingerprint density at radius 3 is 2.17 bits per heavy atom. The van der Waals surface area contributed by atoms with E-state index in [2.05, 4.69) is 53.8 Å². The molecule has 0 saturated heterocycles. The molecule has 0 aliphatic rings. The molecular formula is C22H20N8. The van der Waals surface area contributed by atoms with Gasteiger partial charge in [0.25, 0.3) is 0 Å². The number of aryl methyl sites for hydroxylation is 1. The molecule has 0 aliphatic carbocycles. The average Bonchev–Trinajstić information content (AvgIpc) is 3.56. The third-order valence-electron chi connectivity index (χ3n) is 4.40. The maximum Gasteiger partial charge on any atom is 0.113 e. The predicted molar refractivity (Wildman–Crippen MR) is 117 cm³/mol. The van der Waals surface area contributed by atoms with Gasteiger partial charge in [0.1, 0.15) is 11.2 Å². The molecular weight excluding hydrogens is 376 g/mol. The first-order chi connectivity index (χ1) is 14.8. The fourth-order valence-electron chi connectivity index (χ4n) is 2.86. The molecule has 0 amide bonds. The fraction of sp³-hybridized carbons (Fsp3) is 0.0455. The molecule has 3 heterocycles. The zero-order valence-electron chi connectivity index (χ0n) is 16.3. The van der Waals surface area contributed by atoms with Gasteiger partial charge < -0.3 is 4.98 Å². The first kappa shape index (κ1) is 19.0. The van der Waals surface area contributed by atoms with Gasteiger partial charge in [-0.05, 0) is 36.8 Å². The number of nitrogens with one attached hydrogen (secondary N) is 3. The highest BCUT2D eigenvalue weighted by atomic mass is 15.3. The van der Waals surface area contributed by atoms with Gasteiger partial charge in [-0.3, -0.25) is 10.2 Å². The standard InChI is InChI=1S/C9H9N3.C7H6N2.C6H5N3/c1-7-4-2-3-5-8(7)9-6-10-12-11-9;1-2-4-7-6(3-1)8-5-9-7;1-2-4-6-5(3-1)7-9-8-6/h2-6H,1H3,(H,10,11,12);1-5H,(H,8,9);1-4H,(H,7,8,9). The quantitative estimate of drug-likeness (QED) is 0.384. The van der Waals surface area contributed by atoms with Crippen molar-refractivity contribution in [1.82, 2.24) is 40.8 Å². The number of aromatic nitrogens is 8. The zero-order chi connectivity index (χ0) is 20.6. The number of imidazole rings is 1. The van der Waals surface area contributed by atoms with Crippen LogP contribution < -0.4 is 0 Å². The van der Waals surface area contributed by atoms with Crippen molar-refractivity contribution in [1.29, 1.82) is 0 Å². The third kappa shape index (κ3) is 4.56. The van der Waals surface area contributed by atoms with E-state index in [0.717, 1.165) is 33.3 Å². The van der Waals surface area contributed by atoms with Gasteiger partial charge in [-0.2, -0.15) is 0 Å². The minimum Gasteiger partial charge on any atom is -0.345 e. The van der Waals surface area contributed by atoms with Gasteiger partial charge in [-0.15, -0.1) is 10.2 Å². The van der Waals surface area contributed by atoms with Crippen molar-refractivity contribution in [3.63, 3.8) is 0 Å². The summed E-state index contributed by atoms with van der Waals surface area (Å²) < 4.78 is 0. The van der Waals surface area contributed by atoms with E-state index in [0.29, 0.717) is 0 Å². The highest BCUT2D eigenvalue weighted by Gasteiger charge is 2.01. The number of fused-ring (bicyclic) bond motifs is 2. The first-order valence-electron chi connectivity index (χ1n) is 9.37. The van der Waals surface area contributed by atoms with Crippen molar-refractivity contribution in [2.24, 2.45) is 0 Å². The van der Waals surface area contributed by atoms with Crippen molar-refractivity contribution < 1.29 is 0 Å². The average molecular weight is 396 g/mol. The Balaban J connectivity index is 0.000000111. The zero-order valence-corrected chi connectivity index (χ0v) is 16.3. The molecule has 6 aromatic rings. The van der Waals surface area contributed by atoms with Gasteiger partial charge in [-0.25, -0.2) is 4.98 Å². The molecule has 8 nitrogen and oxygen atoms in total. The van der Waals surface area contributed by atoms with Crippen LogP contribution in [-0.2, 0) is 0 Å². The summed E-state index contributed by atoms with van der Waals surface area (Å²) in [4.78, 5) is 7.07. The molecule has 148 valence electrons. The number of benzene rings is 3.